The van der Waals surface area contributed by atoms with E-state index in [1.54, 1.807) is 42.5 Å². The molecule has 1 atom stereocenters. The highest BCUT2D eigenvalue weighted by Crippen LogP contribution is 2.63. The average molecular weight is 380 g/mol. The second-order valence-electron chi connectivity index (χ2n) is 5.24. The number of benzene rings is 2. The number of rotatable bonds is 5. The second kappa shape index (κ2) is 6.72. The molecule has 1 heterocycles. The van der Waals surface area contributed by atoms with Gasteiger partial charge in [-0.3, -0.25) is 4.57 Å². The van der Waals surface area contributed by atoms with Crippen molar-refractivity contribution in [1.29, 1.82) is 0 Å². The van der Waals surface area contributed by atoms with Gasteiger partial charge in [0, 0.05) is 19.8 Å². The molecule has 1 aliphatic rings. The van der Waals surface area contributed by atoms with Crippen molar-refractivity contribution in [3.63, 3.8) is 0 Å². The Morgan fingerprint density at radius 2 is 1.60 bits per heavy atom. The van der Waals surface area contributed by atoms with Gasteiger partial charge in [0.1, 0.15) is 0 Å². The van der Waals surface area contributed by atoms with Crippen LogP contribution in [0.5, 0.6) is 0 Å². The monoisotopic (exact) mass is 380 g/mol. The maximum atomic E-state index is 13.1. The van der Waals surface area contributed by atoms with Crippen molar-refractivity contribution in [2.75, 3.05) is 14.2 Å². The lowest BCUT2D eigenvalue weighted by Gasteiger charge is -2.35. The number of fused-ring (bicyclic) bond motifs is 1. The van der Waals surface area contributed by atoms with E-state index in [1.165, 1.54) is 32.6 Å². The number of sulfonamides is 1. The maximum absolute atomic E-state index is 13.1. The van der Waals surface area contributed by atoms with Crippen LogP contribution in [0.2, 0.25) is 0 Å². The average Bonchev–Trinajstić information content (AvgIpc) is 2.67. The quantitative estimate of drug-likeness (QED) is 0.744. The van der Waals surface area contributed by atoms with Crippen LogP contribution in [0.1, 0.15) is 16.9 Å². The molecule has 0 amide bonds. The minimum Gasteiger partial charge on any atom is -0.310 e. The van der Waals surface area contributed by atoms with E-state index in [9.17, 15) is 13.0 Å². The summed E-state index contributed by atoms with van der Waals surface area (Å²) in [6.45, 7) is 0. The van der Waals surface area contributed by atoms with Gasteiger partial charge in [0.25, 0.3) is 10.0 Å². The Labute approximate surface area is 146 Å². The Balaban J connectivity index is 2.21. The molecule has 3 rings (SSSR count). The van der Waals surface area contributed by atoms with E-state index in [0.717, 1.165) is 4.41 Å². The summed E-state index contributed by atoms with van der Waals surface area (Å²) in [4.78, 5) is 0.0373. The fourth-order valence-electron chi connectivity index (χ4n) is 2.62. The molecule has 0 spiro atoms. The molecule has 2 aromatic rings. The van der Waals surface area contributed by atoms with E-state index in [2.05, 4.69) is 5.10 Å². The molecule has 0 aliphatic carbocycles. The van der Waals surface area contributed by atoms with Crippen molar-refractivity contribution in [2.45, 2.75) is 10.7 Å². The predicted molar refractivity (Wildman–Crippen MR) is 93.9 cm³/mol. The zero-order chi connectivity index (χ0) is 18.1. The van der Waals surface area contributed by atoms with E-state index < -0.39 is 23.4 Å². The second-order valence-corrected chi connectivity index (χ2v) is 9.34. The summed E-state index contributed by atoms with van der Waals surface area (Å²) in [5, 5.41) is 4.05. The smallest absolute Gasteiger partial charge is 0.310 e. The molecule has 0 N–H and O–H groups in total. The van der Waals surface area contributed by atoms with Crippen molar-refractivity contribution >= 4 is 23.8 Å². The molecule has 0 fully saturated rings. The number of hydrogen-bond acceptors (Lipinski definition) is 6. The minimum atomic E-state index is -4.05. The fourth-order valence-corrected chi connectivity index (χ4v) is 6.03. The van der Waals surface area contributed by atoms with E-state index in [1.807, 2.05) is 0 Å². The van der Waals surface area contributed by atoms with Gasteiger partial charge in [-0.2, -0.15) is 17.9 Å². The molecule has 0 aromatic heterocycles. The third kappa shape index (κ3) is 3.02. The van der Waals surface area contributed by atoms with Crippen LogP contribution >= 0.6 is 7.60 Å². The van der Waals surface area contributed by atoms with Gasteiger partial charge in [-0.15, -0.1) is 0 Å². The van der Waals surface area contributed by atoms with Gasteiger partial charge in [0.05, 0.1) is 11.1 Å². The van der Waals surface area contributed by atoms with Crippen LogP contribution in [0.3, 0.4) is 0 Å². The molecule has 0 radical (unpaired) electrons. The highest BCUT2D eigenvalue weighted by atomic mass is 32.2. The van der Waals surface area contributed by atoms with Crippen LogP contribution in [0, 0.1) is 0 Å². The summed E-state index contributed by atoms with van der Waals surface area (Å²) in [6.07, 6.45) is 1.42. The number of hydrazone groups is 1. The predicted octanol–water partition coefficient (Wildman–Crippen LogP) is 3.21. The first-order chi connectivity index (χ1) is 11.9. The first-order valence-electron chi connectivity index (χ1n) is 7.37. The van der Waals surface area contributed by atoms with E-state index >= 15 is 0 Å². The first kappa shape index (κ1) is 17.8. The lowest BCUT2D eigenvalue weighted by molar-refractivity contribution is 0.237. The summed E-state index contributed by atoms with van der Waals surface area (Å²) in [7, 11) is -5.44. The van der Waals surface area contributed by atoms with E-state index in [0.29, 0.717) is 11.1 Å². The SMILES string of the molecule is COP(=O)(OC)[C@H]1c2ccccc2C=NN1S(=O)(=O)c1ccccc1. The van der Waals surface area contributed by atoms with Crippen molar-refractivity contribution in [3.05, 3.63) is 65.7 Å². The van der Waals surface area contributed by atoms with E-state index in [4.69, 9.17) is 9.05 Å². The third-order valence-corrected chi connectivity index (χ3v) is 7.83. The lowest BCUT2D eigenvalue weighted by atomic mass is 10.1. The number of nitrogens with zero attached hydrogens (tertiary/aromatic N) is 2. The Morgan fingerprint density at radius 1 is 1.00 bits per heavy atom. The molecule has 0 unspecified atom stereocenters. The minimum absolute atomic E-state index is 0.0373. The molecule has 25 heavy (non-hydrogen) atoms. The summed E-state index contributed by atoms with van der Waals surface area (Å²) in [5.41, 5.74) is 1.16. The molecular formula is C16H17N2O5PS. The topological polar surface area (TPSA) is 85.3 Å². The Hall–Kier alpha value is -1.99. The van der Waals surface area contributed by atoms with Gasteiger partial charge in [0.15, 0.2) is 5.78 Å². The van der Waals surface area contributed by atoms with Gasteiger partial charge in [0.2, 0.25) is 0 Å². The molecular weight excluding hydrogens is 363 g/mol. The van der Waals surface area contributed by atoms with Gasteiger partial charge in [-0.05, 0) is 17.7 Å². The van der Waals surface area contributed by atoms with Crippen LogP contribution in [0.15, 0.2) is 64.6 Å². The molecule has 7 nitrogen and oxygen atoms in total. The zero-order valence-corrected chi connectivity index (χ0v) is 15.4. The van der Waals surface area contributed by atoms with Gasteiger partial charge < -0.3 is 9.05 Å². The highest BCUT2D eigenvalue weighted by molar-refractivity contribution is 7.89. The first-order valence-corrected chi connectivity index (χ1v) is 10.4. The zero-order valence-electron chi connectivity index (χ0n) is 13.6. The molecule has 0 bridgehead atoms. The molecule has 0 saturated carbocycles. The Bertz CT molecular complexity index is 938. The third-order valence-electron chi connectivity index (χ3n) is 3.89. The maximum Gasteiger partial charge on any atom is 0.359 e. The van der Waals surface area contributed by atoms with Gasteiger partial charge in [-0.1, -0.05) is 42.5 Å². The fraction of sp³-hybridized carbons (Fsp3) is 0.188. The van der Waals surface area contributed by atoms with Gasteiger partial charge >= 0.3 is 7.60 Å². The summed E-state index contributed by atoms with van der Waals surface area (Å²) < 4.78 is 50.3. The van der Waals surface area contributed by atoms with Crippen LogP contribution < -0.4 is 0 Å². The van der Waals surface area contributed by atoms with Crippen LogP contribution in [-0.2, 0) is 23.6 Å². The molecule has 0 saturated heterocycles. The number of hydrogen-bond donors (Lipinski definition) is 0. The van der Waals surface area contributed by atoms with Crippen molar-refractivity contribution < 1.29 is 22.0 Å². The Kier molecular flexibility index (Phi) is 4.79. The summed E-state index contributed by atoms with van der Waals surface area (Å²) >= 11 is 0. The molecule has 9 heteroatoms. The molecule has 1 aliphatic heterocycles. The van der Waals surface area contributed by atoms with E-state index in [-0.39, 0.29) is 4.90 Å². The van der Waals surface area contributed by atoms with Crippen LogP contribution in [0.4, 0.5) is 0 Å². The highest BCUT2D eigenvalue weighted by Gasteiger charge is 2.47. The normalized spacial score (nSPS) is 17.4. The van der Waals surface area contributed by atoms with Crippen molar-refractivity contribution in [2.24, 2.45) is 5.10 Å². The van der Waals surface area contributed by atoms with Crippen molar-refractivity contribution in [1.82, 2.24) is 4.41 Å². The van der Waals surface area contributed by atoms with Crippen LogP contribution in [-0.4, -0.2) is 33.3 Å². The Morgan fingerprint density at radius 3 is 2.24 bits per heavy atom. The van der Waals surface area contributed by atoms with Crippen LogP contribution in [0.25, 0.3) is 0 Å². The van der Waals surface area contributed by atoms with Crippen molar-refractivity contribution in [3.8, 4) is 0 Å². The summed E-state index contributed by atoms with van der Waals surface area (Å²) in [5.74, 6) is -1.21. The van der Waals surface area contributed by atoms with Gasteiger partial charge in [-0.25, -0.2) is 0 Å². The lowest BCUT2D eigenvalue weighted by Crippen LogP contribution is -2.34. The molecule has 2 aromatic carbocycles. The summed E-state index contributed by atoms with van der Waals surface area (Å²) in [6, 6.07) is 14.8. The standard InChI is InChI=1S/C16H17N2O5PS/c1-22-24(19,23-2)16-15-11-7-6-8-13(15)12-17-18(16)25(20,21)14-9-4-3-5-10-14/h3-12,16H,1-2H3/t16-/m0/s1. The largest absolute Gasteiger partial charge is 0.359 e. The molecule has 132 valence electrons.